The van der Waals surface area contributed by atoms with Crippen LogP contribution in [0.3, 0.4) is 0 Å². The molecule has 0 saturated heterocycles. The molecule has 3 N–H and O–H groups in total. The fraction of sp³-hybridized carbons (Fsp3) is 0.167. The highest BCUT2D eigenvalue weighted by atomic mass is 35.5. The second kappa shape index (κ2) is 9.43. The van der Waals surface area contributed by atoms with Gasteiger partial charge in [0, 0.05) is 5.02 Å². The average Bonchev–Trinajstić information content (AvgIpc) is 2.65. The Morgan fingerprint density at radius 1 is 1.00 bits per heavy atom. The number of amides is 3. The van der Waals surface area contributed by atoms with Crippen molar-refractivity contribution in [3.8, 4) is 5.75 Å². The first-order chi connectivity index (χ1) is 12.5. The standard InChI is InChI=1S/C18H18ClN3O4/c1-26-15-8-7-13(19)10-14(15)18(25)22-21-17(24)11-20-16(23)9-12-5-3-2-4-6-12/h2-8,10H,9,11H2,1H3,(H,20,23)(H,21,24)(H,22,25). The fourth-order valence-electron chi connectivity index (χ4n) is 2.12. The van der Waals surface area contributed by atoms with Crippen molar-refractivity contribution in [3.05, 3.63) is 64.7 Å². The van der Waals surface area contributed by atoms with Gasteiger partial charge in [0.05, 0.1) is 25.6 Å². The van der Waals surface area contributed by atoms with Gasteiger partial charge in [-0.25, -0.2) is 0 Å². The second-order valence-electron chi connectivity index (χ2n) is 5.29. The molecule has 7 nitrogen and oxygen atoms in total. The van der Waals surface area contributed by atoms with E-state index in [2.05, 4.69) is 16.2 Å². The van der Waals surface area contributed by atoms with Crippen molar-refractivity contribution in [1.29, 1.82) is 0 Å². The number of rotatable bonds is 6. The minimum atomic E-state index is -0.590. The molecule has 2 aromatic rings. The molecule has 0 bridgehead atoms. The van der Waals surface area contributed by atoms with Gasteiger partial charge < -0.3 is 10.1 Å². The molecule has 0 spiro atoms. The Bertz CT molecular complexity index is 796. The van der Waals surface area contributed by atoms with Crippen molar-refractivity contribution in [2.75, 3.05) is 13.7 Å². The minimum Gasteiger partial charge on any atom is -0.496 e. The smallest absolute Gasteiger partial charge is 0.273 e. The monoisotopic (exact) mass is 375 g/mol. The molecule has 0 aliphatic rings. The first-order valence-corrected chi connectivity index (χ1v) is 8.10. The van der Waals surface area contributed by atoms with E-state index in [4.69, 9.17) is 16.3 Å². The van der Waals surface area contributed by atoms with Crippen LogP contribution in [0.4, 0.5) is 0 Å². The van der Waals surface area contributed by atoms with Gasteiger partial charge in [-0.15, -0.1) is 0 Å². The number of nitrogens with one attached hydrogen (secondary N) is 3. The number of hydrazine groups is 1. The van der Waals surface area contributed by atoms with Crippen LogP contribution in [0.25, 0.3) is 0 Å². The molecule has 8 heteroatoms. The van der Waals surface area contributed by atoms with E-state index >= 15 is 0 Å². The van der Waals surface area contributed by atoms with Crippen molar-refractivity contribution < 1.29 is 19.1 Å². The zero-order chi connectivity index (χ0) is 18.9. The summed E-state index contributed by atoms with van der Waals surface area (Å²) < 4.78 is 5.07. The number of methoxy groups -OCH3 is 1. The van der Waals surface area contributed by atoms with Gasteiger partial charge in [0.15, 0.2) is 0 Å². The average molecular weight is 376 g/mol. The highest BCUT2D eigenvalue weighted by Crippen LogP contribution is 2.22. The van der Waals surface area contributed by atoms with Crippen LogP contribution < -0.4 is 20.9 Å². The molecular formula is C18H18ClN3O4. The molecule has 0 aliphatic carbocycles. The summed E-state index contributed by atoms with van der Waals surface area (Å²) in [6.45, 7) is -0.265. The van der Waals surface area contributed by atoms with Gasteiger partial charge in [-0.1, -0.05) is 41.9 Å². The number of hydrogen-bond donors (Lipinski definition) is 3. The van der Waals surface area contributed by atoms with E-state index in [0.29, 0.717) is 10.8 Å². The van der Waals surface area contributed by atoms with Crippen LogP contribution in [0.2, 0.25) is 5.02 Å². The third-order valence-corrected chi connectivity index (χ3v) is 3.61. The molecule has 0 aliphatic heterocycles. The lowest BCUT2D eigenvalue weighted by Gasteiger charge is -2.11. The molecule has 0 saturated carbocycles. The van der Waals surface area contributed by atoms with Crippen molar-refractivity contribution in [3.63, 3.8) is 0 Å². The number of benzene rings is 2. The molecule has 2 rings (SSSR count). The number of halogens is 1. The highest BCUT2D eigenvalue weighted by molar-refractivity contribution is 6.31. The quantitative estimate of drug-likeness (QED) is 0.666. The van der Waals surface area contributed by atoms with Crippen LogP contribution in [0, 0.1) is 0 Å². The van der Waals surface area contributed by atoms with E-state index in [0.717, 1.165) is 5.56 Å². The largest absolute Gasteiger partial charge is 0.496 e. The molecule has 0 unspecified atom stereocenters. The number of carbonyl (C=O) groups excluding carboxylic acids is 3. The fourth-order valence-corrected chi connectivity index (χ4v) is 2.29. The maximum atomic E-state index is 12.1. The number of hydrogen-bond acceptors (Lipinski definition) is 4. The zero-order valence-electron chi connectivity index (χ0n) is 14.0. The van der Waals surface area contributed by atoms with Gasteiger partial charge in [-0.2, -0.15) is 0 Å². The van der Waals surface area contributed by atoms with Gasteiger partial charge in [0.25, 0.3) is 11.8 Å². The third kappa shape index (κ3) is 5.78. The lowest BCUT2D eigenvalue weighted by Crippen LogP contribution is -2.46. The number of carbonyl (C=O) groups is 3. The van der Waals surface area contributed by atoms with Crippen LogP contribution in [0.15, 0.2) is 48.5 Å². The molecular weight excluding hydrogens is 358 g/mol. The van der Waals surface area contributed by atoms with Crippen molar-refractivity contribution in [2.24, 2.45) is 0 Å². The Labute approximate surface area is 155 Å². The van der Waals surface area contributed by atoms with Crippen LogP contribution >= 0.6 is 11.6 Å². The summed E-state index contributed by atoms with van der Waals surface area (Å²) in [5, 5.41) is 2.83. The summed E-state index contributed by atoms with van der Waals surface area (Å²) in [5.41, 5.74) is 5.48. The van der Waals surface area contributed by atoms with Gasteiger partial charge in [-0.3, -0.25) is 25.2 Å². The van der Waals surface area contributed by atoms with Gasteiger partial charge >= 0.3 is 0 Å². The van der Waals surface area contributed by atoms with E-state index in [1.807, 2.05) is 30.3 Å². The third-order valence-electron chi connectivity index (χ3n) is 3.38. The van der Waals surface area contributed by atoms with Crippen LogP contribution in [-0.4, -0.2) is 31.4 Å². The maximum absolute atomic E-state index is 12.1. The van der Waals surface area contributed by atoms with Gasteiger partial charge in [0.1, 0.15) is 5.75 Å². The molecule has 26 heavy (non-hydrogen) atoms. The predicted octanol–water partition coefficient (Wildman–Crippen LogP) is 1.47. The second-order valence-corrected chi connectivity index (χ2v) is 5.72. The van der Waals surface area contributed by atoms with Crippen LogP contribution in [0.1, 0.15) is 15.9 Å². The highest BCUT2D eigenvalue weighted by Gasteiger charge is 2.14. The molecule has 0 radical (unpaired) electrons. The van der Waals surface area contributed by atoms with E-state index in [1.54, 1.807) is 12.1 Å². The van der Waals surface area contributed by atoms with E-state index in [1.165, 1.54) is 13.2 Å². The van der Waals surface area contributed by atoms with E-state index in [9.17, 15) is 14.4 Å². The van der Waals surface area contributed by atoms with Crippen molar-refractivity contribution >= 4 is 29.3 Å². The Morgan fingerprint density at radius 2 is 1.73 bits per heavy atom. The summed E-state index contributed by atoms with van der Waals surface area (Å²) in [4.78, 5) is 35.7. The first kappa shape index (κ1) is 19.3. The Balaban J connectivity index is 1.79. The summed E-state index contributed by atoms with van der Waals surface area (Å²) in [5.74, 6) is -1.14. The molecule has 0 heterocycles. The van der Waals surface area contributed by atoms with E-state index in [-0.39, 0.29) is 24.4 Å². The van der Waals surface area contributed by atoms with E-state index < -0.39 is 11.8 Å². The van der Waals surface area contributed by atoms with Gasteiger partial charge in [-0.05, 0) is 23.8 Å². The summed E-state index contributed by atoms with van der Waals surface area (Å²) >= 11 is 5.86. The van der Waals surface area contributed by atoms with Crippen molar-refractivity contribution in [1.82, 2.24) is 16.2 Å². The zero-order valence-corrected chi connectivity index (χ0v) is 14.8. The van der Waals surface area contributed by atoms with Crippen LogP contribution in [-0.2, 0) is 16.0 Å². The predicted molar refractivity (Wildman–Crippen MR) is 96.8 cm³/mol. The first-order valence-electron chi connectivity index (χ1n) is 7.73. The Hall–Kier alpha value is -3.06. The molecule has 0 atom stereocenters. The minimum absolute atomic E-state index is 0.167. The lowest BCUT2D eigenvalue weighted by molar-refractivity contribution is -0.126. The van der Waals surface area contributed by atoms with Crippen molar-refractivity contribution in [2.45, 2.75) is 6.42 Å². The molecule has 0 aromatic heterocycles. The molecule has 3 amide bonds. The topological polar surface area (TPSA) is 96.5 Å². The SMILES string of the molecule is COc1ccc(Cl)cc1C(=O)NNC(=O)CNC(=O)Cc1ccccc1. The number of ether oxygens (including phenoxy) is 1. The van der Waals surface area contributed by atoms with Gasteiger partial charge in [0.2, 0.25) is 5.91 Å². The molecule has 2 aromatic carbocycles. The summed E-state index contributed by atoms with van der Waals surface area (Å²) in [7, 11) is 1.42. The maximum Gasteiger partial charge on any atom is 0.273 e. The summed E-state index contributed by atoms with van der Waals surface area (Å²) in [6.07, 6.45) is 0.167. The Kier molecular flexibility index (Phi) is 6.99. The Morgan fingerprint density at radius 3 is 2.42 bits per heavy atom. The lowest BCUT2D eigenvalue weighted by atomic mass is 10.1. The normalized spacial score (nSPS) is 9.92. The van der Waals surface area contributed by atoms with Crippen LogP contribution in [0.5, 0.6) is 5.75 Å². The molecule has 136 valence electrons. The molecule has 0 fully saturated rings. The summed E-state index contributed by atoms with van der Waals surface area (Å²) in [6, 6.07) is 13.7.